The zero-order chi connectivity index (χ0) is 18.5. The number of aromatic nitrogens is 1. The topological polar surface area (TPSA) is 94.1 Å². The maximum atomic E-state index is 14.1. The van der Waals surface area contributed by atoms with E-state index < -0.39 is 23.7 Å². The van der Waals surface area contributed by atoms with Gasteiger partial charge in [-0.3, -0.25) is 4.90 Å². The molecule has 0 bridgehead atoms. The number of carbonyl (C=O) groups excluding carboxylic acids is 1. The van der Waals surface area contributed by atoms with Crippen LogP contribution in [0.4, 0.5) is 20.6 Å². The molecule has 6 rings (SSSR count). The van der Waals surface area contributed by atoms with Crippen LogP contribution in [0.3, 0.4) is 0 Å². The molecule has 1 aromatic carbocycles. The molecule has 3 fully saturated rings. The fourth-order valence-corrected chi connectivity index (χ4v) is 4.69. The molecule has 4 aliphatic rings. The van der Waals surface area contributed by atoms with E-state index in [4.69, 9.17) is 19.7 Å². The molecule has 2 unspecified atom stereocenters. The van der Waals surface area contributed by atoms with E-state index in [2.05, 4.69) is 10.1 Å². The van der Waals surface area contributed by atoms with Crippen molar-refractivity contribution in [3.63, 3.8) is 0 Å². The number of piperidine rings is 1. The Balaban J connectivity index is 1.39. The van der Waals surface area contributed by atoms with E-state index >= 15 is 0 Å². The van der Waals surface area contributed by atoms with Crippen molar-refractivity contribution in [1.29, 1.82) is 0 Å². The van der Waals surface area contributed by atoms with E-state index in [0.717, 1.165) is 18.8 Å². The molecule has 3 aliphatic heterocycles. The second kappa shape index (κ2) is 4.72. The molecule has 1 spiro atoms. The molecule has 1 aliphatic carbocycles. The number of carbonyl (C=O) groups is 1. The van der Waals surface area contributed by atoms with Gasteiger partial charge in [-0.25, -0.2) is 9.18 Å². The third-order valence-electron chi connectivity index (χ3n) is 6.33. The zero-order valence-electron chi connectivity index (χ0n) is 14.5. The number of hydrogen-bond acceptors (Lipinski definition) is 7. The highest BCUT2D eigenvalue weighted by Gasteiger charge is 2.65. The second-order valence-electron chi connectivity index (χ2n) is 7.66. The summed E-state index contributed by atoms with van der Waals surface area (Å²) in [5, 5.41) is 3.71. The Hall–Kier alpha value is -2.81. The Kier molecular flexibility index (Phi) is 2.67. The Morgan fingerprint density at radius 2 is 2.04 bits per heavy atom. The average Bonchev–Trinajstić information content (AvgIpc) is 3.04. The van der Waals surface area contributed by atoms with Gasteiger partial charge in [0.25, 0.3) is 5.88 Å². The van der Waals surface area contributed by atoms with Gasteiger partial charge in [0, 0.05) is 19.1 Å². The van der Waals surface area contributed by atoms with Gasteiger partial charge >= 0.3 is 11.9 Å². The molecule has 2 N–H and O–H groups in total. The number of hydrogen-bond donors (Lipinski definition) is 1. The quantitative estimate of drug-likeness (QED) is 0.859. The minimum absolute atomic E-state index is 0.250. The average molecular weight is 372 g/mol. The van der Waals surface area contributed by atoms with E-state index in [9.17, 15) is 9.18 Å². The van der Waals surface area contributed by atoms with Crippen molar-refractivity contribution in [3.05, 3.63) is 35.8 Å². The van der Waals surface area contributed by atoms with E-state index in [1.54, 1.807) is 13.0 Å². The lowest BCUT2D eigenvalue weighted by Gasteiger charge is -2.37. The standard InChI is InChI=1S/C18H17FN4O4/c1-8-18(12-7-25-21-16(12)26-18)27-17(24)23(8)14-4-9(19)2-3-13(14)22-5-10-11(6-22)15(10)20/h2-4,7-8,10-11,15H,5-6,20H2,1H3/t8-,10+,11?,15?,18+/m1/s1. The van der Waals surface area contributed by atoms with Gasteiger partial charge in [0.1, 0.15) is 23.7 Å². The van der Waals surface area contributed by atoms with Gasteiger partial charge in [-0.1, -0.05) is 0 Å². The number of nitrogens with two attached hydrogens (primary N) is 1. The van der Waals surface area contributed by atoms with Crippen LogP contribution < -0.4 is 20.3 Å². The highest BCUT2D eigenvalue weighted by Crippen LogP contribution is 2.54. The molecule has 1 aromatic heterocycles. The summed E-state index contributed by atoms with van der Waals surface area (Å²) in [7, 11) is 0. The van der Waals surface area contributed by atoms with Gasteiger partial charge < -0.3 is 24.6 Å². The number of anilines is 2. The largest absolute Gasteiger partial charge is 0.425 e. The van der Waals surface area contributed by atoms with E-state index in [0.29, 0.717) is 29.0 Å². The summed E-state index contributed by atoms with van der Waals surface area (Å²) >= 11 is 0. The normalized spacial score (nSPS) is 35.6. The van der Waals surface area contributed by atoms with E-state index in [-0.39, 0.29) is 6.04 Å². The minimum Gasteiger partial charge on any atom is -0.425 e. The zero-order valence-corrected chi connectivity index (χ0v) is 14.5. The van der Waals surface area contributed by atoms with Crippen LogP contribution in [0.25, 0.3) is 0 Å². The predicted octanol–water partition coefficient (Wildman–Crippen LogP) is 1.80. The monoisotopic (exact) mass is 372 g/mol. The van der Waals surface area contributed by atoms with Crippen molar-refractivity contribution in [2.24, 2.45) is 17.6 Å². The van der Waals surface area contributed by atoms with Crippen LogP contribution in [0.1, 0.15) is 12.5 Å². The minimum atomic E-state index is -1.27. The number of amides is 1. The van der Waals surface area contributed by atoms with Gasteiger partial charge in [-0.2, -0.15) is 0 Å². The van der Waals surface area contributed by atoms with Crippen LogP contribution in [-0.4, -0.2) is 36.4 Å². The summed E-state index contributed by atoms with van der Waals surface area (Å²) in [5.41, 5.74) is 7.87. The number of rotatable bonds is 2. The number of benzene rings is 1. The highest BCUT2D eigenvalue weighted by molar-refractivity contribution is 5.96. The Labute approximate surface area is 153 Å². The molecule has 1 saturated carbocycles. The molecule has 8 nitrogen and oxygen atoms in total. The molecule has 0 radical (unpaired) electrons. The van der Waals surface area contributed by atoms with Gasteiger partial charge in [0.15, 0.2) is 0 Å². The first-order chi connectivity index (χ1) is 13.0. The number of fused-ring (bicyclic) bond motifs is 3. The van der Waals surface area contributed by atoms with Gasteiger partial charge in [0.2, 0.25) is 0 Å². The third-order valence-corrected chi connectivity index (χ3v) is 6.33. The molecule has 9 heteroatoms. The first-order valence-electron chi connectivity index (χ1n) is 8.96. The SMILES string of the molecule is C[C@H]1N(c2cc(F)ccc2N2CC3C(N)[C@H]3C2)C(=O)O[C@@]12Oc1nocc12. The molecule has 27 heavy (non-hydrogen) atoms. The van der Waals surface area contributed by atoms with Crippen molar-refractivity contribution in [2.45, 2.75) is 24.8 Å². The summed E-state index contributed by atoms with van der Waals surface area (Å²) < 4.78 is 30.2. The maximum absolute atomic E-state index is 14.1. The Morgan fingerprint density at radius 1 is 1.26 bits per heavy atom. The number of nitrogens with zero attached hydrogens (tertiary/aromatic N) is 3. The van der Waals surface area contributed by atoms with Crippen molar-refractivity contribution >= 4 is 17.5 Å². The van der Waals surface area contributed by atoms with Gasteiger partial charge in [-0.05, 0) is 42.1 Å². The van der Waals surface area contributed by atoms with Crippen LogP contribution in [0.5, 0.6) is 5.88 Å². The van der Waals surface area contributed by atoms with Crippen LogP contribution >= 0.6 is 0 Å². The molecular weight excluding hydrogens is 355 g/mol. The summed E-state index contributed by atoms with van der Waals surface area (Å²) in [6.07, 6.45) is 0.816. The molecule has 1 amide bonds. The smallest absolute Gasteiger partial charge is 0.418 e. The van der Waals surface area contributed by atoms with Crippen molar-refractivity contribution in [2.75, 3.05) is 22.9 Å². The summed E-state index contributed by atoms with van der Waals surface area (Å²) in [6, 6.07) is 4.21. The first kappa shape index (κ1) is 15.3. The summed E-state index contributed by atoms with van der Waals surface area (Å²) in [5.74, 6) is -0.454. The summed E-state index contributed by atoms with van der Waals surface area (Å²) in [6.45, 7) is 3.41. The molecule has 5 atom stereocenters. The fraction of sp³-hybridized carbons (Fsp3) is 0.444. The van der Waals surface area contributed by atoms with Crippen molar-refractivity contribution in [3.8, 4) is 5.88 Å². The van der Waals surface area contributed by atoms with Gasteiger partial charge in [-0.15, -0.1) is 0 Å². The molecular formula is C18H17FN4O4. The van der Waals surface area contributed by atoms with Crippen LogP contribution in [0, 0.1) is 17.7 Å². The molecule has 140 valence electrons. The number of halogens is 1. The van der Waals surface area contributed by atoms with Crippen LogP contribution in [-0.2, 0) is 10.5 Å². The molecule has 2 saturated heterocycles. The third kappa shape index (κ3) is 1.79. The first-order valence-corrected chi connectivity index (χ1v) is 8.96. The Morgan fingerprint density at radius 3 is 2.78 bits per heavy atom. The fourth-order valence-electron chi connectivity index (χ4n) is 4.69. The predicted molar refractivity (Wildman–Crippen MR) is 90.8 cm³/mol. The van der Waals surface area contributed by atoms with Crippen molar-refractivity contribution in [1.82, 2.24) is 5.16 Å². The molecule has 4 heterocycles. The summed E-state index contributed by atoms with van der Waals surface area (Å²) in [4.78, 5) is 16.3. The lowest BCUT2D eigenvalue weighted by molar-refractivity contribution is -0.170. The lowest BCUT2D eigenvalue weighted by Crippen LogP contribution is -2.51. The second-order valence-corrected chi connectivity index (χ2v) is 7.66. The van der Waals surface area contributed by atoms with Crippen LogP contribution in [0.2, 0.25) is 0 Å². The van der Waals surface area contributed by atoms with E-state index in [1.165, 1.54) is 23.3 Å². The Bertz CT molecular complexity index is 968. The van der Waals surface area contributed by atoms with Crippen molar-refractivity contribution < 1.29 is 23.2 Å². The highest BCUT2D eigenvalue weighted by atomic mass is 19.1. The van der Waals surface area contributed by atoms with Crippen LogP contribution in [0.15, 0.2) is 29.0 Å². The lowest BCUT2D eigenvalue weighted by atomic mass is 9.97. The van der Waals surface area contributed by atoms with E-state index in [1.807, 2.05) is 0 Å². The van der Waals surface area contributed by atoms with Gasteiger partial charge in [0.05, 0.1) is 11.4 Å². The number of ether oxygens (including phenoxy) is 2. The molecule has 2 aromatic rings. The maximum Gasteiger partial charge on any atom is 0.418 e.